The van der Waals surface area contributed by atoms with Crippen molar-refractivity contribution < 1.29 is 5.11 Å². The molecule has 2 nitrogen and oxygen atoms in total. The van der Waals surface area contributed by atoms with Gasteiger partial charge in [0.25, 0.3) is 0 Å². The Morgan fingerprint density at radius 3 is 2.71 bits per heavy atom. The van der Waals surface area contributed by atoms with E-state index in [1.807, 2.05) is 18.2 Å². The molecule has 0 saturated heterocycles. The standard InChI is InChI=1S/C18H28ClNO/c1-13(15-7-5-6-8-16(15)19)20(4)12-14-11-18(2,3)10-9-17(14)21/h5-8,13-14,17,21H,9-12H2,1-4H3. The van der Waals surface area contributed by atoms with Crippen LogP contribution in [0, 0.1) is 11.3 Å². The number of halogens is 1. The molecule has 1 fully saturated rings. The van der Waals surface area contributed by atoms with Gasteiger partial charge in [0.2, 0.25) is 0 Å². The predicted molar refractivity (Wildman–Crippen MR) is 89.6 cm³/mol. The van der Waals surface area contributed by atoms with Crippen molar-refractivity contribution in [1.82, 2.24) is 4.90 Å². The zero-order chi connectivity index (χ0) is 15.6. The summed E-state index contributed by atoms with van der Waals surface area (Å²) >= 11 is 6.30. The molecule has 1 aliphatic rings. The molecule has 1 aromatic carbocycles. The van der Waals surface area contributed by atoms with Gasteiger partial charge in [0.1, 0.15) is 0 Å². The van der Waals surface area contributed by atoms with Gasteiger partial charge in [-0.3, -0.25) is 4.90 Å². The Balaban J connectivity index is 2.03. The molecular weight excluding hydrogens is 282 g/mol. The van der Waals surface area contributed by atoms with Crippen LogP contribution in [0.25, 0.3) is 0 Å². The topological polar surface area (TPSA) is 23.5 Å². The quantitative estimate of drug-likeness (QED) is 0.884. The summed E-state index contributed by atoms with van der Waals surface area (Å²) < 4.78 is 0. The largest absolute Gasteiger partial charge is 0.393 e. The first kappa shape index (κ1) is 16.8. The maximum absolute atomic E-state index is 10.3. The first-order valence-corrected chi connectivity index (χ1v) is 8.31. The van der Waals surface area contributed by atoms with Crippen LogP contribution in [0.5, 0.6) is 0 Å². The number of hydrogen-bond acceptors (Lipinski definition) is 2. The lowest BCUT2D eigenvalue weighted by molar-refractivity contribution is 0.00294. The number of nitrogens with zero attached hydrogens (tertiary/aromatic N) is 1. The zero-order valence-corrected chi connectivity index (χ0v) is 14.4. The van der Waals surface area contributed by atoms with Gasteiger partial charge in [0, 0.05) is 17.6 Å². The smallest absolute Gasteiger partial charge is 0.0581 e. The van der Waals surface area contributed by atoms with Gasteiger partial charge in [-0.05, 0) is 56.2 Å². The van der Waals surface area contributed by atoms with Crippen LogP contribution in [0.3, 0.4) is 0 Å². The number of rotatable bonds is 4. The third-order valence-electron chi connectivity index (χ3n) is 5.01. The monoisotopic (exact) mass is 309 g/mol. The lowest BCUT2D eigenvalue weighted by Gasteiger charge is -2.41. The maximum Gasteiger partial charge on any atom is 0.0581 e. The van der Waals surface area contributed by atoms with E-state index in [0.29, 0.717) is 11.3 Å². The fourth-order valence-corrected chi connectivity index (χ4v) is 3.78. The number of benzene rings is 1. The van der Waals surface area contributed by atoms with Crippen molar-refractivity contribution in [2.45, 2.75) is 52.2 Å². The second-order valence-corrected chi connectivity index (χ2v) is 7.78. The lowest BCUT2D eigenvalue weighted by Crippen LogP contribution is -2.40. The summed E-state index contributed by atoms with van der Waals surface area (Å²) in [5, 5.41) is 11.1. The Labute approximate surface area is 134 Å². The van der Waals surface area contributed by atoms with Gasteiger partial charge in [-0.25, -0.2) is 0 Å². The van der Waals surface area contributed by atoms with Gasteiger partial charge in [-0.1, -0.05) is 43.6 Å². The normalized spacial score (nSPS) is 26.8. The first-order valence-electron chi connectivity index (χ1n) is 7.93. The van der Waals surface area contributed by atoms with E-state index < -0.39 is 0 Å². The number of aliphatic hydroxyl groups excluding tert-OH is 1. The molecule has 1 saturated carbocycles. The van der Waals surface area contributed by atoms with Crippen LogP contribution in [0.15, 0.2) is 24.3 Å². The Bertz CT molecular complexity index is 474. The molecule has 2 rings (SSSR count). The maximum atomic E-state index is 10.3. The first-order chi connectivity index (χ1) is 9.80. The van der Waals surface area contributed by atoms with E-state index >= 15 is 0 Å². The average molecular weight is 310 g/mol. The van der Waals surface area contributed by atoms with Crippen molar-refractivity contribution in [3.05, 3.63) is 34.9 Å². The highest BCUT2D eigenvalue weighted by Crippen LogP contribution is 2.39. The number of hydrogen-bond donors (Lipinski definition) is 1. The second-order valence-electron chi connectivity index (χ2n) is 7.37. The molecular formula is C18H28ClNO. The molecule has 21 heavy (non-hydrogen) atoms. The molecule has 0 radical (unpaired) electrons. The van der Waals surface area contributed by atoms with Crippen molar-refractivity contribution in [3.63, 3.8) is 0 Å². The van der Waals surface area contributed by atoms with Gasteiger partial charge >= 0.3 is 0 Å². The summed E-state index contributed by atoms with van der Waals surface area (Å²) in [7, 11) is 2.13. The van der Waals surface area contributed by atoms with Crippen LogP contribution in [0.4, 0.5) is 0 Å². The van der Waals surface area contributed by atoms with Gasteiger partial charge in [0.15, 0.2) is 0 Å². The molecule has 1 N–H and O–H groups in total. The summed E-state index contributed by atoms with van der Waals surface area (Å²) in [5.74, 6) is 0.351. The van der Waals surface area contributed by atoms with E-state index in [9.17, 15) is 5.11 Å². The molecule has 0 heterocycles. The minimum atomic E-state index is -0.168. The molecule has 0 amide bonds. The molecule has 1 aliphatic carbocycles. The van der Waals surface area contributed by atoms with Gasteiger partial charge < -0.3 is 5.11 Å². The summed E-state index contributed by atoms with van der Waals surface area (Å²) in [4.78, 5) is 2.32. The summed E-state index contributed by atoms with van der Waals surface area (Å²) in [6.45, 7) is 7.71. The van der Waals surface area contributed by atoms with Gasteiger partial charge in [-0.2, -0.15) is 0 Å². The zero-order valence-electron chi connectivity index (χ0n) is 13.6. The SMILES string of the molecule is CC(c1ccccc1Cl)N(C)CC1CC(C)(C)CCC1O. The van der Waals surface area contributed by atoms with Crippen LogP contribution in [-0.2, 0) is 0 Å². The Kier molecular flexibility index (Phi) is 5.34. The number of aliphatic hydroxyl groups is 1. The van der Waals surface area contributed by atoms with Crippen molar-refractivity contribution in [2.24, 2.45) is 11.3 Å². The second kappa shape index (κ2) is 6.68. The Morgan fingerprint density at radius 2 is 2.05 bits per heavy atom. The van der Waals surface area contributed by atoms with E-state index in [2.05, 4.69) is 38.8 Å². The van der Waals surface area contributed by atoms with Crippen LogP contribution < -0.4 is 0 Å². The van der Waals surface area contributed by atoms with Crippen LogP contribution in [0.1, 0.15) is 51.6 Å². The minimum Gasteiger partial charge on any atom is -0.393 e. The third-order valence-corrected chi connectivity index (χ3v) is 5.36. The van der Waals surface area contributed by atoms with Crippen molar-refractivity contribution in [2.75, 3.05) is 13.6 Å². The summed E-state index contributed by atoms with van der Waals surface area (Å²) in [6.07, 6.45) is 2.97. The summed E-state index contributed by atoms with van der Waals surface area (Å²) in [5.41, 5.74) is 1.50. The molecule has 0 bridgehead atoms. The van der Waals surface area contributed by atoms with Crippen molar-refractivity contribution >= 4 is 11.6 Å². The van der Waals surface area contributed by atoms with Crippen molar-refractivity contribution in [3.8, 4) is 0 Å². The fourth-order valence-electron chi connectivity index (χ4n) is 3.49. The van der Waals surface area contributed by atoms with Crippen LogP contribution >= 0.6 is 11.6 Å². The average Bonchev–Trinajstić information content (AvgIpc) is 2.42. The van der Waals surface area contributed by atoms with Gasteiger partial charge in [-0.15, -0.1) is 0 Å². The fraction of sp³-hybridized carbons (Fsp3) is 0.667. The molecule has 3 atom stereocenters. The highest BCUT2D eigenvalue weighted by Gasteiger charge is 2.34. The van der Waals surface area contributed by atoms with E-state index in [1.54, 1.807) is 0 Å². The van der Waals surface area contributed by atoms with E-state index in [4.69, 9.17) is 11.6 Å². The highest BCUT2D eigenvalue weighted by molar-refractivity contribution is 6.31. The minimum absolute atomic E-state index is 0.168. The molecule has 1 aromatic rings. The van der Waals surface area contributed by atoms with E-state index in [0.717, 1.165) is 36.4 Å². The Hall–Kier alpha value is -0.570. The molecule has 118 valence electrons. The molecule has 0 aromatic heterocycles. The highest BCUT2D eigenvalue weighted by atomic mass is 35.5. The lowest BCUT2D eigenvalue weighted by atomic mass is 9.70. The van der Waals surface area contributed by atoms with E-state index in [1.165, 1.54) is 0 Å². The molecule has 0 spiro atoms. The predicted octanol–water partition coefficient (Wildman–Crippen LogP) is 4.52. The Morgan fingerprint density at radius 1 is 1.38 bits per heavy atom. The summed E-state index contributed by atoms with van der Waals surface area (Å²) in [6, 6.07) is 8.29. The molecule has 3 unspecified atom stereocenters. The van der Waals surface area contributed by atoms with Crippen LogP contribution in [-0.4, -0.2) is 29.7 Å². The van der Waals surface area contributed by atoms with Crippen molar-refractivity contribution in [1.29, 1.82) is 0 Å². The molecule has 3 heteroatoms. The van der Waals surface area contributed by atoms with Crippen LogP contribution in [0.2, 0.25) is 5.02 Å². The van der Waals surface area contributed by atoms with Gasteiger partial charge in [0.05, 0.1) is 6.10 Å². The van der Waals surface area contributed by atoms with E-state index in [-0.39, 0.29) is 12.1 Å². The third kappa shape index (κ3) is 4.21. The molecule has 0 aliphatic heterocycles.